The highest BCUT2D eigenvalue weighted by Crippen LogP contribution is 2.34. The summed E-state index contributed by atoms with van der Waals surface area (Å²) in [5, 5.41) is 0.448. The van der Waals surface area contributed by atoms with E-state index in [9.17, 15) is 0 Å². The summed E-state index contributed by atoms with van der Waals surface area (Å²) in [6, 6.07) is 18.7. The van der Waals surface area contributed by atoms with E-state index in [1.165, 1.54) is 10.5 Å². The van der Waals surface area contributed by atoms with E-state index in [2.05, 4.69) is 43.3 Å². The Labute approximate surface area is 107 Å². The highest BCUT2D eigenvalue weighted by Gasteiger charge is 2.06. The van der Waals surface area contributed by atoms with Crippen molar-refractivity contribution in [3.63, 3.8) is 0 Å². The first-order valence-electron chi connectivity index (χ1n) is 5.65. The smallest absolute Gasteiger partial charge is 0.118 e. The second-order valence-electron chi connectivity index (χ2n) is 3.85. The molecule has 0 bridgehead atoms. The number of benzene rings is 2. The van der Waals surface area contributed by atoms with Crippen LogP contribution in [0.3, 0.4) is 0 Å². The summed E-state index contributed by atoms with van der Waals surface area (Å²) in [6.07, 6.45) is 0. The Balaban J connectivity index is 2.06. The van der Waals surface area contributed by atoms with Gasteiger partial charge in [0.15, 0.2) is 0 Å². The molecule has 0 aliphatic heterocycles. The molecule has 0 amide bonds. The summed E-state index contributed by atoms with van der Waals surface area (Å²) in [6.45, 7) is 2.22. The zero-order valence-electron chi connectivity index (χ0n) is 10.1. The molecule has 2 aromatic carbocycles. The van der Waals surface area contributed by atoms with E-state index < -0.39 is 0 Å². The quantitative estimate of drug-likeness (QED) is 0.730. The van der Waals surface area contributed by atoms with Gasteiger partial charge in [-0.3, -0.25) is 0 Å². The van der Waals surface area contributed by atoms with Gasteiger partial charge in [0, 0.05) is 10.1 Å². The van der Waals surface area contributed by atoms with Gasteiger partial charge in [0.05, 0.1) is 7.11 Å². The van der Waals surface area contributed by atoms with E-state index in [1.54, 1.807) is 7.11 Å². The number of methoxy groups -OCH3 is 1. The third kappa shape index (κ3) is 3.27. The number of thioether (sulfide) groups is 1. The minimum absolute atomic E-state index is 0.448. The van der Waals surface area contributed by atoms with Gasteiger partial charge in [-0.1, -0.05) is 30.3 Å². The minimum Gasteiger partial charge on any atom is -0.497 e. The van der Waals surface area contributed by atoms with Crippen molar-refractivity contribution in [3.05, 3.63) is 60.2 Å². The predicted octanol–water partition coefficient (Wildman–Crippen LogP) is 4.55. The molecule has 0 aromatic heterocycles. The summed E-state index contributed by atoms with van der Waals surface area (Å²) in [5.74, 6) is 0.908. The van der Waals surface area contributed by atoms with Crippen LogP contribution < -0.4 is 4.74 Å². The molecule has 1 nitrogen and oxygen atoms in total. The molecule has 2 rings (SSSR count). The highest BCUT2D eigenvalue weighted by atomic mass is 32.2. The van der Waals surface area contributed by atoms with Gasteiger partial charge in [-0.15, -0.1) is 11.8 Å². The van der Waals surface area contributed by atoms with Gasteiger partial charge < -0.3 is 4.74 Å². The predicted molar refractivity (Wildman–Crippen MR) is 73.7 cm³/mol. The molecule has 0 radical (unpaired) electrons. The van der Waals surface area contributed by atoms with Crippen molar-refractivity contribution in [1.29, 1.82) is 0 Å². The normalized spacial score (nSPS) is 12.1. The molecule has 1 unspecified atom stereocenters. The minimum atomic E-state index is 0.448. The zero-order valence-corrected chi connectivity index (χ0v) is 10.9. The molecule has 0 saturated heterocycles. The van der Waals surface area contributed by atoms with Crippen molar-refractivity contribution in [2.75, 3.05) is 7.11 Å². The molecule has 0 N–H and O–H groups in total. The van der Waals surface area contributed by atoms with Crippen molar-refractivity contribution in [2.45, 2.75) is 17.1 Å². The van der Waals surface area contributed by atoms with Crippen LogP contribution >= 0.6 is 11.8 Å². The van der Waals surface area contributed by atoms with E-state index in [0.717, 1.165) is 5.75 Å². The maximum absolute atomic E-state index is 5.16. The van der Waals surface area contributed by atoms with Gasteiger partial charge in [0.25, 0.3) is 0 Å². The number of hydrogen-bond donors (Lipinski definition) is 0. The molecule has 17 heavy (non-hydrogen) atoms. The summed E-state index contributed by atoms with van der Waals surface area (Å²) in [5.41, 5.74) is 1.32. The summed E-state index contributed by atoms with van der Waals surface area (Å²) < 4.78 is 5.16. The summed E-state index contributed by atoms with van der Waals surface area (Å²) in [7, 11) is 1.69. The average Bonchev–Trinajstić information content (AvgIpc) is 2.40. The van der Waals surface area contributed by atoms with Crippen LogP contribution in [0.2, 0.25) is 0 Å². The van der Waals surface area contributed by atoms with Crippen molar-refractivity contribution >= 4 is 11.8 Å². The Kier molecular flexibility index (Phi) is 4.10. The number of ether oxygens (including phenoxy) is 1. The van der Waals surface area contributed by atoms with Gasteiger partial charge >= 0.3 is 0 Å². The summed E-state index contributed by atoms with van der Waals surface area (Å²) in [4.78, 5) is 1.30. The number of rotatable bonds is 4. The second-order valence-corrected chi connectivity index (χ2v) is 5.26. The molecule has 0 fully saturated rings. The van der Waals surface area contributed by atoms with Crippen LogP contribution in [0.15, 0.2) is 59.5 Å². The van der Waals surface area contributed by atoms with Crippen molar-refractivity contribution in [3.8, 4) is 5.75 Å². The topological polar surface area (TPSA) is 9.23 Å². The van der Waals surface area contributed by atoms with E-state index in [1.807, 2.05) is 30.0 Å². The van der Waals surface area contributed by atoms with E-state index in [4.69, 9.17) is 4.74 Å². The van der Waals surface area contributed by atoms with Crippen LogP contribution in [-0.4, -0.2) is 7.11 Å². The molecule has 1 atom stereocenters. The highest BCUT2D eigenvalue weighted by molar-refractivity contribution is 7.99. The molecular formula is C15H16OS. The summed E-state index contributed by atoms with van der Waals surface area (Å²) >= 11 is 1.87. The first-order chi connectivity index (χ1) is 8.29. The van der Waals surface area contributed by atoms with E-state index >= 15 is 0 Å². The SMILES string of the molecule is COc1ccc(C(C)Sc2ccccc2)cc1. The molecule has 0 spiro atoms. The molecule has 0 aliphatic rings. The van der Waals surface area contributed by atoms with E-state index in [-0.39, 0.29) is 0 Å². The van der Waals surface area contributed by atoms with Crippen molar-refractivity contribution in [2.24, 2.45) is 0 Å². The van der Waals surface area contributed by atoms with Gasteiger partial charge in [0.2, 0.25) is 0 Å². The van der Waals surface area contributed by atoms with Crippen LogP contribution in [0.1, 0.15) is 17.7 Å². The third-order valence-corrected chi connectivity index (χ3v) is 3.81. The molecule has 0 heterocycles. The molecule has 88 valence electrons. The van der Waals surface area contributed by atoms with E-state index in [0.29, 0.717) is 5.25 Å². The fourth-order valence-electron chi connectivity index (χ4n) is 1.65. The lowest BCUT2D eigenvalue weighted by molar-refractivity contribution is 0.414. The van der Waals surface area contributed by atoms with Crippen LogP contribution in [0.25, 0.3) is 0 Å². The van der Waals surface area contributed by atoms with Crippen molar-refractivity contribution in [1.82, 2.24) is 0 Å². The second kappa shape index (κ2) is 5.78. The molecule has 0 saturated carbocycles. The van der Waals surface area contributed by atoms with Crippen molar-refractivity contribution < 1.29 is 4.74 Å². The lowest BCUT2D eigenvalue weighted by Crippen LogP contribution is -1.89. The van der Waals surface area contributed by atoms with Crippen LogP contribution in [0.4, 0.5) is 0 Å². The number of hydrogen-bond acceptors (Lipinski definition) is 2. The van der Waals surface area contributed by atoms with Gasteiger partial charge in [-0.05, 0) is 36.8 Å². The Morgan fingerprint density at radius 2 is 1.59 bits per heavy atom. The van der Waals surface area contributed by atoms with Crippen LogP contribution in [0, 0.1) is 0 Å². The Hall–Kier alpha value is -1.41. The first kappa shape index (κ1) is 12.1. The first-order valence-corrected chi connectivity index (χ1v) is 6.53. The lowest BCUT2D eigenvalue weighted by atomic mass is 10.2. The Morgan fingerprint density at radius 1 is 0.941 bits per heavy atom. The van der Waals surface area contributed by atoms with Gasteiger partial charge in [0.1, 0.15) is 5.75 Å². The van der Waals surface area contributed by atoms with Gasteiger partial charge in [-0.25, -0.2) is 0 Å². The van der Waals surface area contributed by atoms with Crippen LogP contribution in [0.5, 0.6) is 5.75 Å². The third-order valence-electron chi connectivity index (χ3n) is 2.64. The standard InChI is InChI=1S/C15H16OS/c1-12(17-15-6-4-3-5-7-15)13-8-10-14(16-2)11-9-13/h3-12H,1-2H3. The fraction of sp³-hybridized carbons (Fsp3) is 0.200. The molecule has 2 aromatic rings. The lowest BCUT2D eigenvalue weighted by Gasteiger charge is -2.12. The average molecular weight is 244 g/mol. The molecule has 0 aliphatic carbocycles. The maximum Gasteiger partial charge on any atom is 0.118 e. The molecular weight excluding hydrogens is 228 g/mol. The Bertz CT molecular complexity index is 450. The largest absolute Gasteiger partial charge is 0.497 e. The fourth-order valence-corrected chi connectivity index (χ4v) is 2.66. The zero-order chi connectivity index (χ0) is 12.1. The molecule has 2 heteroatoms. The maximum atomic E-state index is 5.16. The van der Waals surface area contributed by atoms with Gasteiger partial charge in [-0.2, -0.15) is 0 Å². The Morgan fingerprint density at radius 3 is 2.18 bits per heavy atom. The van der Waals surface area contributed by atoms with Crippen LogP contribution in [-0.2, 0) is 0 Å². The monoisotopic (exact) mass is 244 g/mol.